The van der Waals surface area contributed by atoms with E-state index in [1.165, 1.54) is 4.90 Å². The second-order valence-corrected chi connectivity index (χ2v) is 10.5. The number of carbonyl (C=O) groups is 3. The molecule has 0 spiro atoms. The molecule has 0 radical (unpaired) electrons. The number of amides is 3. The molecule has 1 aromatic heterocycles. The highest BCUT2D eigenvalue weighted by molar-refractivity contribution is 8.18. The van der Waals surface area contributed by atoms with Crippen LogP contribution >= 0.6 is 23.4 Å². The minimum absolute atomic E-state index is 0.104. The Morgan fingerprint density at radius 2 is 1.89 bits per heavy atom. The fraction of sp³-hybridized carbons (Fsp3) is 0.296. The van der Waals surface area contributed by atoms with Crippen LogP contribution in [0.3, 0.4) is 0 Å². The third-order valence-electron chi connectivity index (χ3n) is 6.66. The second-order valence-electron chi connectivity index (χ2n) is 9.06. The number of benzene rings is 2. The third-order valence-corrected chi connectivity index (χ3v) is 7.82. The average Bonchev–Trinajstić information content (AvgIpc) is 3.32. The molecule has 0 saturated carbocycles. The first-order valence-corrected chi connectivity index (χ1v) is 13.0. The highest BCUT2D eigenvalue weighted by Gasteiger charge is 2.35. The van der Waals surface area contributed by atoms with E-state index < -0.39 is 0 Å². The molecular formula is C27H26ClN3O3S. The maximum atomic E-state index is 13.1. The van der Waals surface area contributed by atoms with E-state index in [9.17, 15) is 14.4 Å². The molecule has 0 bridgehead atoms. The fourth-order valence-electron chi connectivity index (χ4n) is 4.78. The zero-order valence-electron chi connectivity index (χ0n) is 19.4. The van der Waals surface area contributed by atoms with Crippen molar-refractivity contribution in [3.05, 3.63) is 75.8 Å². The SMILES string of the molecule is C[C@@H]1CCCCN1C(=O)Cn1cc(/C=C2\SC(=O)N(Cc3ccc(Cl)cc3)C2=O)c2ccccc21. The summed E-state index contributed by atoms with van der Waals surface area (Å²) in [4.78, 5) is 42.4. The molecular weight excluding hydrogens is 482 g/mol. The van der Waals surface area contributed by atoms with Gasteiger partial charge in [0.2, 0.25) is 5.91 Å². The number of likely N-dealkylation sites (tertiary alicyclic amines) is 1. The molecule has 3 heterocycles. The first-order chi connectivity index (χ1) is 16.9. The van der Waals surface area contributed by atoms with Crippen LogP contribution in [-0.2, 0) is 22.7 Å². The molecule has 180 valence electrons. The zero-order chi connectivity index (χ0) is 24.5. The van der Waals surface area contributed by atoms with Crippen molar-refractivity contribution in [2.75, 3.05) is 6.54 Å². The highest BCUT2D eigenvalue weighted by atomic mass is 35.5. The highest BCUT2D eigenvalue weighted by Crippen LogP contribution is 2.35. The summed E-state index contributed by atoms with van der Waals surface area (Å²) in [5.41, 5.74) is 2.58. The molecule has 3 amide bonds. The fourth-order valence-corrected chi connectivity index (χ4v) is 5.73. The summed E-state index contributed by atoms with van der Waals surface area (Å²) in [7, 11) is 0. The number of hydrogen-bond acceptors (Lipinski definition) is 4. The van der Waals surface area contributed by atoms with Crippen LogP contribution in [0.25, 0.3) is 17.0 Å². The lowest BCUT2D eigenvalue weighted by molar-refractivity contribution is -0.135. The number of hydrogen-bond donors (Lipinski definition) is 0. The normalized spacial score (nSPS) is 19.8. The van der Waals surface area contributed by atoms with Crippen LogP contribution < -0.4 is 0 Å². The molecule has 0 N–H and O–H groups in total. The number of aromatic nitrogens is 1. The molecule has 5 rings (SSSR count). The molecule has 0 unspecified atom stereocenters. The van der Waals surface area contributed by atoms with Crippen molar-refractivity contribution in [1.82, 2.24) is 14.4 Å². The van der Waals surface area contributed by atoms with Crippen molar-refractivity contribution in [2.24, 2.45) is 0 Å². The van der Waals surface area contributed by atoms with E-state index in [-0.39, 0.29) is 36.2 Å². The lowest BCUT2D eigenvalue weighted by atomic mass is 10.0. The van der Waals surface area contributed by atoms with Gasteiger partial charge in [-0.25, -0.2) is 0 Å². The number of carbonyl (C=O) groups excluding carboxylic acids is 3. The van der Waals surface area contributed by atoms with Crippen LogP contribution in [0.5, 0.6) is 0 Å². The smallest absolute Gasteiger partial charge is 0.293 e. The summed E-state index contributed by atoms with van der Waals surface area (Å²) < 4.78 is 1.95. The zero-order valence-corrected chi connectivity index (χ0v) is 21.0. The van der Waals surface area contributed by atoms with Crippen molar-refractivity contribution in [1.29, 1.82) is 0 Å². The number of rotatable bonds is 5. The van der Waals surface area contributed by atoms with Crippen LogP contribution in [0, 0.1) is 0 Å². The predicted octanol–water partition coefficient (Wildman–Crippen LogP) is 5.93. The number of para-hydroxylation sites is 1. The van der Waals surface area contributed by atoms with E-state index in [1.54, 1.807) is 18.2 Å². The van der Waals surface area contributed by atoms with Crippen LogP contribution in [0.2, 0.25) is 5.02 Å². The monoisotopic (exact) mass is 507 g/mol. The number of nitrogens with zero attached hydrogens (tertiary/aromatic N) is 3. The third kappa shape index (κ3) is 4.88. The Hall–Kier alpha value is -3.03. The van der Waals surface area contributed by atoms with Crippen molar-refractivity contribution < 1.29 is 14.4 Å². The standard InChI is InChI=1S/C27H26ClN3O3S/c1-18-6-4-5-13-30(18)25(32)17-29-16-20(22-7-2-3-8-23(22)29)14-24-26(33)31(27(34)35-24)15-19-9-11-21(28)12-10-19/h2-3,7-12,14,16,18H,4-6,13,15,17H2,1H3/b24-14-/t18-/m1/s1. The summed E-state index contributed by atoms with van der Waals surface area (Å²) >= 11 is 6.89. The maximum absolute atomic E-state index is 13.1. The van der Waals surface area contributed by atoms with Gasteiger partial charge in [0.25, 0.3) is 11.1 Å². The van der Waals surface area contributed by atoms with Gasteiger partial charge in [-0.1, -0.05) is 41.9 Å². The summed E-state index contributed by atoms with van der Waals surface area (Å²) in [5.74, 6) is -0.210. The molecule has 6 nitrogen and oxygen atoms in total. The lowest BCUT2D eigenvalue weighted by Crippen LogP contribution is -2.43. The van der Waals surface area contributed by atoms with Gasteiger partial charge in [0.1, 0.15) is 6.54 Å². The molecule has 0 aliphatic carbocycles. The molecule has 35 heavy (non-hydrogen) atoms. The summed E-state index contributed by atoms with van der Waals surface area (Å²) in [6, 6.07) is 15.2. The van der Waals surface area contributed by atoms with Crippen molar-refractivity contribution in [3.8, 4) is 0 Å². The Kier molecular flexibility index (Phi) is 6.71. The molecule has 1 atom stereocenters. The Bertz CT molecular complexity index is 1330. The van der Waals surface area contributed by atoms with E-state index in [2.05, 4.69) is 6.92 Å². The first-order valence-electron chi connectivity index (χ1n) is 11.8. The van der Waals surface area contributed by atoms with E-state index in [1.807, 2.05) is 52.1 Å². The number of piperidine rings is 1. The van der Waals surface area contributed by atoms with Gasteiger partial charge >= 0.3 is 0 Å². The predicted molar refractivity (Wildman–Crippen MR) is 140 cm³/mol. The molecule has 2 aromatic carbocycles. The Morgan fingerprint density at radius 1 is 1.11 bits per heavy atom. The quantitative estimate of drug-likeness (QED) is 0.401. The van der Waals surface area contributed by atoms with Gasteiger partial charge in [0.05, 0.1) is 11.4 Å². The van der Waals surface area contributed by atoms with Crippen molar-refractivity contribution >= 4 is 57.4 Å². The minimum atomic E-state index is -0.315. The number of halogens is 1. The largest absolute Gasteiger partial charge is 0.338 e. The number of imide groups is 1. The number of fused-ring (bicyclic) bond motifs is 1. The Morgan fingerprint density at radius 3 is 2.66 bits per heavy atom. The molecule has 3 aromatic rings. The summed E-state index contributed by atoms with van der Waals surface area (Å²) in [6.45, 7) is 3.35. The molecule has 2 saturated heterocycles. The van der Waals surface area contributed by atoms with Crippen LogP contribution in [-0.4, -0.2) is 44.0 Å². The minimum Gasteiger partial charge on any atom is -0.338 e. The second kappa shape index (κ2) is 9.91. The van der Waals surface area contributed by atoms with Crippen molar-refractivity contribution in [3.63, 3.8) is 0 Å². The van der Waals surface area contributed by atoms with E-state index in [0.717, 1.165) is 59.6 Å². The average molecular weight is 508 g/mol. The Labute approximate surface area is 213 Å². The van der Waals surface area contributed by atoms with Crippen LogP contribution in [0.4, 0.5) is 4.79 Å². The molecule has 2 aliphatic heterocycles. The maximum Gasteiger partial charge on any atom is 0.293 e. The van der Waals surface area contributed by atoms with Crippen molar-refractivity contribution in [2.45, 2.75) is 45.3 Å². The Balaban J connectivity index is 1.40. The van der Waals surface area contributed by atoms with Crippen LogP contribution in [0.15, 0.2) is 59.6 Å². The molecule has 2 aliphatic rings. The topological polar surface area (TPSA) is 62.6 Å². The van der Waals surface area contributed by atoms with Gasteiger partial charge in [0, 0.05) is 40.3 Å². The van der Waals surface area contributed by atoms with Gasteiger partial charge in [-0.05, 0) is 67.8 Å². The van der Waals surface area contributed by atoms with Gasteiger partial charge in [-0.2, -0.15) is 0 Å². The lowest BCUT2D eigenvalue weighted by Gasteiger charge is -2.33. The first kappa shape index (κ1) is 23.7. The van der Waals surface area contributed by atoms with Gasteiger partial charge in [-0.15, -0.1) is 0 Å². The van der Waals surface area contributed by atoms with Gasteiger partial charge in [-0.3, -0.25) is 19.3 Å². The van der Waals surface area contributed by atoms with Gasteiger partial charge < -0.3 is 9.47 Å². The summed E-state index contributed by atoms with van der Waals surface area (Å²) in [6.07, 6.45) is 6.91. The van der Waals surface area contributed by atoms with E-state index in [4.69, 9.17) is 11.6 Å². The molecule has 8 heteroatoms. The van der Waals surface area contributed by atoms with E-state index >= 15 is 0 Å². The van der Waals surface area contributed by atoms with Gasteiger partial charge in [0.15, 0.2) is 0 Å². The summed E-state index contributed by atoms with van der Waals surface area (Å²) in [5, 5.41) is 1.25. The van der Waals surface area contributed by atoms with E-state index in [0.29, 0.717) is 9.93 Å². The van der Waals surface area contributed by atoms with Crippen LogP contribution in [0.1, 0.15) is 37.3 Å². The molecule has 2 fully saturated rings. The number of thioether (sulfide) groups is 1.